The van der Waals surface area contributed by atoms with E-state index in [1.165, 1.54) is 12.8 Å². The van der Waals surface area contributed by atoms with Crippen LogP contribution in [0.2, 0.25) is 0 Å². The van der Waals surface area contributed by atoms with Gasteiger partial charge in [0.2, 0.25) is 5.91 Å². The van der Waals surface area contributed by atoms with Crippen molar-refractivity contribution in [2.45, 2.75) is 51.0 Å². The van der Waals surface area contributed by atoms with Gasteiger partial charge in [0.1, 0.15) is 6.04 Å². The Morgan fingerprint density at radius 2 is 1.71 bits per heavy atom. The summed E-state index contributed by atoms with van der Waals surface area (Å²) >= 11 is 0. The van der Waals surface area contributed by atoms with E-state index in [-0.39, 0.29) is 11.8 Å². The number of nitrogens with one attached hydrogen (secondary N) is 1. The number of aliphatic carboxylic acids is 1. The van der Waals surface area contributed by atoms with Crippen LogP contribution in [0.1, 0.15) is 44.1 Å². The van der Waals surface area contributed by atoms with E-state index in [4.69, 9.17) is 0 Å². The van der Waals surface area contributed by atoms with Crippen LogP contribution in [0.5, 0.6) is 0 Å². The lowest BCUT2D eigenvalue weighted by Crippen LogP contribution is -2.44. The molecule has 0 unspecified atom stereocenters. The third-order valence-corrected chi connectivity index (χ3v) is 4.12. The molecule has 1 aliphatic carbocycles. The summed E-state index contributed by atoms with van der Waals surface area (Å²) in [4.78, 5) is 23.7. The maximum atomic E-state index is 12.3. The molecule has 0 aromatic heterocycles. The number of carbonyl (C=O) groups excluding carboxylic acids is 1. The summed E-state index contributed by atoms with van der Waals surface area (Å²) < 4.78 is 0. The van der Waals surface area contributed by atoms with E-state index >= 15 is 0 Å². The van der Waals surface area contributed by atoms with Gasteiger partial charge >= 0.3 is 5.97 Å². The zero-order valence-electron chi connectivity index (χ0n) is 12.3. The van der Waals surface area contributed by atoms with Crippen LogP contribution < -0.4 is 5.32 Å². The lowest BCUT2D eigenvalue weighted by molar-refractivity contribution is -0.142. The average molecular weight is 289 g/mol. The molecule has 2 N–H and O–H groups in total. The SMILES string of the molecule is O=C(N[C@H](Cc1ccccc1)C(=O)O)C1CCCCCC1. The second kappa shape index (κ2) is 7.81. The molecule has 2 rings (SSSR count). The largest absolute Gasteiger partial charge is 0.480 e. The predicted octanol–water partition coefficient (Wildman–Crippen LogP) is 2.77. The Hall–Kier alpha value is -1.84. The van der Waals surface area contributed by atoms with Gasteiger partial charge in [-0.25, -0.2) is 4.79 Å². The molecule has 0 aliphatic heterocycles. The maximum absolute atomic E-state index is 12.3. The Kier molecular flexibility index (Phi) is 5.78. The zero-order chi connectivity index (χ0) is 15.1. The first-order valence-electron chi connectivity index (χ1n) is 7.74. The zero-order valence-corrected chi connectivity index (χ0v) is 12.3. The topological polar surface area (TPSA) is 66.4 Å². The number of hydrogen-bond donors (Lipinski definition) is 2. The van der Waals surface area contributed by atoms with E-state index in [2.05, 4.69) is 5.32 Å². The molecule has 4 nitrogen and oxygen atoms in total. The number of carboxylic acids is 1. The minimum atomic E-state index is -0.971. The van der Waals surface area contributed by atoms with Crippen LogP contribution >= 0.6 is 0 Å². The van der Waals surface area contributed by atoms with Gasteiger partial charge in [-0.05, 0) is 18.4 Å². The number of carbonyl (C=O) groups is 2. The van der Waals surface area contributed by atoms with Crippen molar-refractivity contribution in [1.29, 1.82) is 0 Å². The first kappa shape index (κ1) is 15.5. The molecule has 0 bridgehead atoms. The number of carboxylic acid groups (broad SMARTS) is 1. The summed E-state index contributed by atoms with van der Waals surface area (Å²) in [5.74, 6) is -1.09. The third kappa shape index (κ3) is 4.88. The summed E-state index contributed by atoms with van der Waals surface area (Å²) in [6, 6.07) is 8.57. The standard InChI is InChI=1S/C17H23NO3/c19-16(14-10-6-1-2-7-11-14)18-15(17(20)21)12-13-8-4-3-5-9-13/h3-5,8-9,14-15H,1-2,6-7,10-12H2,(H,18,19)(H,20,21)/t15-/m1/s1. The molecule has 4 heteroatoms. The van der Waals surface area contributed by atoms with Crippen LogP contribution in [0, 0.1) is 5.92 Å². The van der Waals surface area contributed by atoms with E-state index in [0.717, 1.165) is 31.2 Å². The van der Waals surface area contributed by atoms with Crippen LogP contribution in [-0.2, 0) is 16.0 Å². The average Bonchev–Trinajstić information content (AvgIpc) is 2.76. The van der Waals surface area contributed by atoms with Crippen molar-refractivity contribution in [2.24, 2.45) is 5.92 Å². The minimum absolute atomic E-state index is 0.0230. The highest BCUT2D eigenvalue weighted by atomic mass is 16.4. The van der Waals surface area contributed by atoms with Crippen molar-refractivity contribution in [1.82, 2.24) is 5.32 Å². The molecule has 1 aromatic carbocycles. The molecule has 0 spiro atoms. The minimum Gasteiger partial charge on any atom is -0.480 e. The van der Waals surface area contributed by atoms with Crippen molar-refractivity contribution in [3.05, 3.63) is 35.9 Å². The van der Waals surface area contributed by atoms with Crippen LogP contribution in [0.25, 0.3) is 0 Å². The quantitative estimate of drug-likeness (QED) is 0.819. The smallest absolute Gasteiger partial charge is 0.326 e. The molecule has 0 heterocycles. The van der Waals surface area contributed by atoms with Crippen molar-refractivity contribution < 1.29 is 14.7 Å². The van der Waals surface area contributed by atoms with E-state index in [9.17, 15) is 14.7 Å². The number of amides is 1. The summed E-state index contributed by atoms with van der Waals surface area (Å²) in [5, 5.41) is 12.0. The Morgan fingerprint density at radius 1 is 1.10 bits per heavy atom. The monoisotopic (exact) mass is 289 g/mol. The second-order valence-electron chi connectivity index (χ2n) is 5.78. The first-order valence-corrected chi connectivity index (χ1v) is 7.74. The number of benzene rings is 1. The number of rotatable bonds is 5. The Bertz CT molecular complexity index is 464. The summed E-state index contributed by atoms with van der Waals surface area (Å²) in [6.45, 7) is 0. The van der Waals surface area contributed by atoms with Crippen LogP contribution in [0.15, 0.2) is 30.3 Å². The van der Waals surface area contributed by atoms with Crippen LogP contribution in [0.3, 0.4) is 0 Å². The van der Waals surface area contributed by atoms with E-state index in [1.54, 1.807) is 0 Å². The highest BCUT2D eigenvalue weighted by Crippen LogP contribution is 2.23. The van der Waals surface area contributed by atoms with Crippen molar-refractivity contribution in [3.8, 4) is 0 Å². The van der Waals surface area contributed by atoms with E-state index in [1.807, 2.05) is 30.3 Å². The molecule has 0 saturated heterocycles. The molecule has 1 amide bonds. The van der Waals surface area contributed by atoms with Gasteiger partial charge < -0.3 is 10.4 Å². The van der Waals surface area contributed by atoms with Gasteiger partial charge in [-0.2, -0.15) is 0 Å². The van der Waals surface area contributed by atoms with Gasteiger partial charge in [-0.3, -0.25) is 4.79 Å². The number of hydrogen-bond acceptors (Lipinski definition) is 2. The van der Waals surface area contributed by atoms with Gasteiger partial charge in [0, 0.05) is 12.3 Å². The molecule has 0 radical (unpaired) electrons. The normalized spacial score (nSPS) is 17.7. The Balaban J connectivity index is 1.95. The van der Waals surface area contributed by atoms with Gasteiger partial charge in [-0.1, -0.05) is 56.0 Å². The maximum Gasteiger partial charge on any atom is 0.326 e. The fourth-order valence-electron chi connectivity index (χ4n) is 2.88. The molecule has 114 valence electrons. The van der Waals surface area contributed by atoms with E-state index in [0.29, 0.717) is 6.42 Å². The lowest BCUT2D eigenvalue weighted by Gasteiger charge is -2.19. The Morgan fingerprint density at radius 3 is 2.29 bits per heavy atom. The van der Waals surface area contributed by atoms with Gasteiger partial charge in [0.15, 0.2) is 0 Å². The summed E-state index contributed by atoms with van der Waals surface area (Å²) in [5.41, 5.74) is 0.922. The molecule has 1 saturated carbocycles. The van der Waals surface area contributed by atoms with Crippen molar-refractivity contribution in [3.63, 3.8) is 0 Å². The summed E-state index contributed by atoms with van der Waals surface area (Å²) in [7, 11) is 0. The lowest BCUT2D eigenvalue weighted by atomic mass is 9.98. The van der Waals surface area contributed by atoms with E-state index < -0.39 is 12.0 Å². The predicted molar refractivity (Wildman–Crippen MR) is 80.9 cm³/mol. The third-order valence-electron chi connectivity index (χ3n) is 4.12. The Labute approximate surface area is 125 Å². The molecular weight excluding hydrogens is 266 g/mol. The van der Waals surface area contributed by atoms with Gasteiger partial charge in [0.05, 0.1) is 0 Å². The molecule has 1 fully saturated rings. The van der Waals surface area contributed by atoms with Gasteiger partial charge in [-0.15, -0.1) is 0 Å². The summed E-state index contributed by atoms with van der Waals surface area (Å²) in [6.07, 6.45) is 6.57. The highest BCUT2D eigenvalue weighted by Gasteiger charge is 2.25. The van der Waals surface area contributed by atoms with Crippen LogP contribution in [0.4, 0.5) is 0 Å². The van der Waals surface area contributed by atoms with Gasteiger partial charge in [0.25, 0.3) is 0 Å². The molecule has 1 aromatic rings. The highest BCUT2D eigenvalue weighted by molar-refractivity contribution is 5.85. The molecule has 1 aliphatic rings. The first-order chi connectivity index (χ1) is 10.2. The fourth-order valence-corrected chi connectivity index (χ4v) is 2.88. The fraction of sp³-hybridized carbons (Fsp3) is 0.529. The van der Waals surface area contributed by atoms with Crippen molar-refractivity contribution >= 4 is 11.9 Å². The molecule has 21 heavy (non-hydrogen) atoms. The molecule has 1 atom stereocenters. The second-order valence-corrected chi connectivity index (χ2v) is 5.78. The molecular formula is C17H23NO3. The van der Waals surface area contributed by atoms with Crippen molar-refractivity contribution in [2.75, 3.05) is 0 Å². The van der Waals surface area contributed by atoms with Crippen LogP contribution in [-0.4, -0.2) is 23.0 Å².